The lowest BCUT2D eigenvalue weighted by molar-refractivity contribution is -0.139. The van der Waals surface area contributed by atoms with Crippen LogP contribution in [0.5, 0.6) is 5.75 Å². The highest BCUT2D eigenvalue weighted by atomic mass is 35.5. The maximum Gasteiger partial charge on any atom is 0.309 e. The first kappa shape index (κ1) is 15.6. The Hall–Kier alpha value is -2.26. The third kappa shape index (κ3) is 3.25. The Bertz CT molecular complexity index is 765. The van der Waals surface area contributed by atoms with Crippen LogP contribution < -0.4 is 4.74 Å². The van der Waals surface area contributed by atoms with Gasteiger partial charge in [0.2, 0.25) is 0 Å². The summed E-state index contributed by atoms with van der Waals surface area (Å²) in [5.74, 6) is 0.943. The molecule has 3 nitrogen and oxygen atoms in total. The maximum atomic E-state index is 11.5. The lowest BCUT2D eigenvalue weighted by Crippen LogP contribution is -2.05. The molecule has 0 amide bonds. The van der Waals surface area contributed by atoms with Crippen molar-refractivity contribution in [2.45, 2.75) is 13.0 Å². The van der Waals surface area contributed by atoms with Crippen LogP contribution in [-0.2, 0) is 22.6 Å². The van der Waals surface area contributed by atoms with Crippen LogP contribution in [0.4, 0.5) is 0 Å². The minimum Gasteiger partial charge on any atom is -0.488 e. The second kappa shape index (κ2) is 6.88. The van der Waals surface area contributed by atoms with Crippen LogP contribution in [0.25, 0.3) is 5.57 Å². The van der Waals surface area contributed by atoms with Gasteiger partial charge in [0.05, 0.1) is 13.5 Å². The van der Waals surface area contributed by atoms with Gasteiger partial charge in [0.1, 0.15) is 12.4 Å². The summed E-state index contributed by atoms with van der Waals surface area (Å²) in [5.41, 5.74) is 5.11. The molecule has 0 fully saturated rings. The molecule has 0 saturated heterocycles. The third-order valence-electron chi connectivity index (χ3n) is 3.88. The molecule has 0 saturated carbocycles. The Morgan fingerprint density at radius 2 is 2.09 bits per heavy atom. The molecule has 23 heavy (non-hydrogen) atoms. The van der Waals surface area contributed by atoms with E-state index in [-0.39, 0.29) is 12.4 Å². The number of alkyl halides is 1. The van der Waals surface area contributed by atoms with Gasteiger partial charge >= 0.3 is 5.97 Å². The number of carbonyl (C=O) groups is 1. The van der Waals surface area contributed by atoms with E-state index in [1.165, 1.54) is 7.11 Å². The summed E-state index contributed by atoms with van der Waals surface area (Å²) < 4.78 is 10.7. The number of allylic oxidation sites excluding steroid dienone is 1. The zero-order valence-electron chi connectivity index (χ0n) is 12.8. The van der Waals surface area contributed by atoms with Crippen molar-refractivity contribution in [1.82, 2.24) is 0 Å². The molecular weight excluding hydrogens is 312 g/mol. The second-order valence-corrected chi connectivity index (χ2v) is 5.61. The Labute approximate surface area is 140 Å². The van der Waals surface area contributed by atoms with Gasteiger partial charge in [-0.15, -0.1) is 11.6 Å². The Kier molecular flexibility index (Phi) is 4.68. The van der Waals surface area contributed by atoms with Crippen molar-refractivity contribution in [2.75, 3.05) is 13.0 Å². The zero-order valence-corrected chi connectivity index (χ0v) is 13.6. The molecule has 0 N–H and O–H groups in total. The van der Waals surface area contributed by atoms with Crippen molar-refractivity contribution in [3.05, 3.63) is 70.8 Å². The molecule has 1 aliphatic heterocycles. The molecule has 1 heterocycles. The van der Waals surface area contributed by atoms with E-state index in [9.17, 15) is 4.79 Å². The molecule has 118 valence electrons. The predicted octanol–water partition coefficient (Wildman–Crippen LogP) is 3.97. The van der Waals surface area contributed by atoms with Gasteiger partial charge in [0.25, 0.3) is 0 Å². The molecule has 2 aromatic carbocycles. The van der Waals surface area contributed by atoms with E-state index in [0.717, 1.165) is 33.6 Å². The Balaban J connectivity index is 2.10. The number of halogens is 1. The van der Waals surface area contributed by atoms with Crippen LogP contribution in [0.15, 0.2) is 48.5 Å². The van der Waals surface area contributed by atoms with E-state index in [1.807, 2.05) is 36.4 Å². The average molecular weight is 329 g/mol. The Morgan fingerprint density at radius 1 is 1.26 bits per heavy atom. The van der Waals surface area contributed by atoms with Crippen molar-refractivity contribution in [2.24, 2.45) is 0 Å². The summed E-state index contributed by atoms with van der Waals surface area (Å²) in [6, 6.07) is 13.9. The van der Waals surface area contributed by atoms with Gasteiger partial charge in [-0.3, -0.25) is 4.79 Å². The molecule has 0 radical (unpaired) electrons. The van der Waals surface area contributed by atoms with Gasteiger partial charge in [-0.1, -0.05) is 36.4 Å². The molecule has 1 aliphatic rings. The summed E-state index contributed by atoms with van der Waals surface area (Å²) in [7, 11) is 1.39. The highest BCUT2D eigenvalue weighted by Gasteiger charge is 2.19. The van der Waals surface area contributed by atoms with E-state index in [4.69, 9.17) is 21.1 Å². The molecule has 2 aromatic rings. The van der Waals surface area contributed by atoms with Crippen LogP contribution in [-0.4, -0.2) is 19.0 Å². The molecule has 3 rings (SSSR count). The SMILES string of the molecule is COC(=O)Cc1ccc2c(c1)/C(=C/CCl)c1ccccc1CO2. The Morgan fingerprint density at radius 3 is 2.87 bits per heavy atom. The van der Waals surface area contributed by atoms with E-state index in [1.54, 1.807) is 0 Å². The van der Waals surface area contributed by atoms with Gasteiger partial charge in [0.15, 0.2) is 0 Å². The van der Waals surface area contributed by atoms with E-state index in [0.29, 0.717) is 12.5 Å². The fourth-order valence-corrected chi connectivity index (χ4v) is 2.92. The van der Waals surface area contributed by atoms with Crippen LogP contribution in [0.1, 0.15) is 22.3 Å². The van der Waals surface area contributed by atoms with Crippen molar-refractivity contribution in [1.29, 1.82) is 0 Å². The third-order valence-corrected chi connectivity index (χ3v) is 4.04. The predicted molar refractivity (Wildman–Crippen MR) is 90.7 cm³/mol. The van der Waals surface area contributed by atoms with Gasteiger partial charge in [-0.25, -0.2) is 0 Å². The zero-order chi connectivity index (χ0) is 16.2. The van der Waals surface area contributed by atoms with Crippen LogP contribution in [0.3, 0.4) is 0 Å². The number of rotatable bonds is 3. The first-order valence-electron chi connectivity index (χ1n) is 7.40. The van der Waals surface area contributed by atoms with Gasteiger partial charge in [-0.05, 0) is 34.4 Å². The topological polar surface area (TPSA) is 35.5 Å². The normalized spacial score (nSPS) is 14.4. The summed E-state index contributed by atoms with van der Waals surface area (Å²) >= 11 is 5.98. The fraction of sp³-hybridized carbons (Fsp3) is 0.211. The molecule has 0 aromatic heterocycles. The molecule has 0 atom stereocenters. The number of hydrogen-bond donors (Lipinski definition) is 0. The quantitative estimate of drug-likeness (QED) is 0.632. The first-order valence-corrected chi connectivity index (χ1v) is 7.93. The molecule has 0 bridgehead atoms. The van der Waals surface area contributed by atoms with E-state index >= 15 is 0 Å². The average Bonchev–Trinajstić information content (AvgIpc) is 2.73. The monoisotopic (exact) mass is 328 g/mol. The minimum absolute atomic E-state index is 0.236. The molecule has 0 aliphatic carbocycles. The van der Waals surface area contributed by atoms with Gasteiger partial charge < -0.3 is 9.47 Å². The van der Waals surface area contributed by atoms with E-state index < -0.39 is 0 Å². The van der Waals surface area contributed by atoms with Gasteiger partial charge in [-0.2, -0.15) is 0 Å². The van der Waals surface area contributed by atoms with Crippen molar-refractivity contribution in [3.8, 4) is 5.75 Å². The number of fused-ring (bicyclic) bond motifs is 2. The summed E-state index contributed by atoms with van der Waals surface area (Å²) in [4.78, 5) is 11.5. The van der Waals surface area contributed by atoms with Crippen molar-refractivity contribution < 1.29 is 14.3 Å². The summed E-state index contributed by atoms with van der Waals surface area (Å²) in [6.45, 7) is 0.513. The molecule has 0 unspecified atom stereocenters. The minimum atomic E-state index is -0.261. The van der Waals surface area contributed by atoms with Crippen molar-refractivity contribution in [3.63, 3.8) is 0 Å². The largest absolute Gasteiger partial charge is 0.488 e. The number of carbonyl (C=O) groups excluding carboxylic acids is 1. The van der Waals surface area contributed by atoms with Crippen LogP contribution in [0.2, 0.25) is 0 Å². The van der Waals surface area contributed by atoms with Crippen molar-refractivity contribution >= 4 is 23.1 Å². The molecule has 4 heteroatoms. The number of methoxy groups -OCH3 is 1. The molecular formula is C19H17ClO3. The lowest BCUT2D eigenvalue weighted by atomic mass is 9.93. The number of esters is 1. The second-order valence-electron chi connectivity index (χ2n) is 5.30. The fourth-order valence-electron chi connectivity index (χ4n) is 2.77. The number of hydrogen-bond acceptors (Lipinski definition) is 3. The molecule has 0 spiro atoms. The highest BCUT2D eigenvalue weighted by molar-refractivity contribution is 6.19. The lowest BCUT2D eigenvalue weighted by Gasteiger charge is -2.12. The number of benzene rings is 2. The highest BCUT2D eigenvalue weighted by Crippen LogP contribution is 2.37. The standard InChI is InChI=1S/C19H17ClO3/c1-22-19(21)11-13-6-7-18-17(10-13)16(8-9-20)15-5-3-2-4-14(15)12-23-18/h2-8,10H,9,11-12H2,1H3/b16-8+. The smallest absolute Gasteiger partial charge is 0.309 e. The van der Waals surface area contributed by atoms with Crippen LogP contribution in [0, 0.1) is 0 Å². The first-order chi connectivity index (χ1) is 11.2. The summed E-state index contributed by atoms with van der Waals surface area (Å²) in [6.07, 6.45) is 2.22. The number of ether oxygens (including phenoxy) is 2. The van der Waals surface area contributed by atoms with Crippen LogP contribution >= 0.6 is 11.6 Å². The van der Waals surface area contributed by atoms with E-state index in [2.05, 4.69) is 12.1 Å². The van der Waals surface area contributed by atoms with Gasteiger partial charge in [0, 0.05) is 11.4 Å². The maximum absolute atomic E-state index is 11.5. The summed E-state index contributed by atoms with van der Waals surface area (Å²) in [5, 5.41) is 0.